The van der Waals surface area contributed by atoms with Crippen LogP contribution in [0.4, 0.5) is 5.69 Å². The first-order chi connectivity index (χ1) is 8.83. The Morgan fingerprint density at radius 3 is 2.21 bits per heavy atom. The molecule has 108 valence electrons. The molecule has 1 rings (SSSR count). The molecule has 0 aliphatic heterocycles. The highest BCUT2D eigenvalue weighted by Crippen LogP contribution is 2.22. The predicted octanol–water partition coefficient (Wildman–Crippen LogP) is 4.23. The molecule has 0 bridgehead atoms. The van der Waals surface area contributed by atoms with Gasteiger partial charge in [-0.25, -0.2) is 0 Å². The number of nitrogens with one attached hydrogen (secondary N) is 1. The molecule has 1 aromatic rings. The zero-order valence-electron chi connectivity index (χ0n) is 13.5. The van der Waals surface area contributed by atoms with Crippen LogP contribution in [0.3, 0.4) is 0 Å². The quantitative estimate of drug-likeness (QED) is 0.825. The van der Waals surface area contributed by atoms with Crippen molar-refractivity contribution >= 4 is 5.69 Å². The van der Waals surface area contributed by atoms with Crippen LogP contribution in [0.1, 0.15) is 52.6 Å². The maximum Gasteiger partial charge on any atom is 0.0363 e. The summed E-state index contributed by atoms with van der Waals surface area (Å²) in [6.45, 7) is 13.4. The van der Waals surface area contributed by atoms with Crippen molar-refractivity contribution in [3.8, 4) is 0 Å². The third kappa shape index (κ3) is 5.65. The summed E-state index contributed by atoms with van der Waals surface area (Å²) < 4.78 is 0. The first-order valence-electron chi connectivity index (χ1n) is 7.38. The van der Waals surface area contributed by atoms with Crippen molar-refractivity contribution in [2.45, 2.75) is 47.1 Å². The standard InChI is InChI=1S/C17H30N2/c1-7-12-18-14(2)15-8-10-16(11-9-15)19(6)13-17(3,4)5/h8-11,14,18H,7,12-13H2,1-6H3. The average Bonchev–Trinajstić information content (AvgIpc) is 2.34. The summed E-state index contributed by atoms with van der Waals surface area (Å²) >= 11 is 0. The van der Waals surface area contributed by atoms with Crippen molar-refractivity contribution in [3.05, 3.63) is 29.8 Å². The largest absolute Gasteiger partial charge is 0.374 e. The van der Waals surface area contributed by atoms with Crippen LogP contribution in [0, 0.1) is 5.41 Å². The highest BCUT2D eigenvalue weighted by Gasteiger charge is 2.14. The summed E-state index contributed by atoms with van der Waals surface area (Å²) in [6.07, 6.45) is 1.18. The molecule has 1 unspecified atom stereocenters. The molecule has 0 aliphatic carbocycles. The monoisotopic (exact) mass is 262 g/mol. The van der Waals surface area contributed by atoms with Crippen LogP contribution in [-0.2, 0) is 0 Å². The second-order valence-corrected chi connectivity index (χ2v) is 6.68. The summed E-state index contributed by atoms with van der Waals surface area (Å²) in [5.41, 5.74) is 2.98. The zero-order valence-corrected chi connectivity index (χ0v) is 13.5. The minimum absolute atomic E-state index is 0.323. The number of nitrogens with zero attached hydrogens (tertiary/aromatic N) is 1. The summed E-state index contributed by atoms with van der Waals surface area (Å²) in [5.74, 6) is 0. The predicted molar refractivity (Wildman–Crippen MR) is 85.9 cm³/mol. The van der Waals surface area contributed by atoms with Crippen LogP contribution in [0.5, 0.6) is 0 Å². The van der Waals surface area contributed by atoms with E-state index in [4.69, 9.17) is 0 Å². The van der Waals surface area contributed by atoms with Gasteiger partial charge in [-0.05, 0) is 43.0 Å². The van der Waals surface area contributed by atoms with E-state index in [1.54, 1.807) is 0 Å². The molecular formula is C17H30N2. The van der Waals surface area contributed by atoms with E-state index in [1.807, 2.05) is 0 Å². The lowest BCUT2D eigenvalue weighted by Crippen LogP contribution is -2.29. The van der Waals surface area contributed by atoms with Crippen molar-refractivity contribution in [2.75, 3.05) is 25.0 Å². The van der Waals surface area contributed by atoms with Gasteiger partial charge in [0.15, 0.2) is 0 Å². The first kappa shape index (κ1) is 16.0. The van der Waals surface area contributed by atoms with E-state index in [0.29, 0.717) is 11.5 Å². The Kier molecular flexibility index (Phi) is 5.86. The molecule has 0 heterocycles. The summed E-state index contributed by atoms with van der Waals surface area (Å²) in [5, 5.41) is 3.52. The maximum atomic E-state index is 3.52. The Labute approximate surface area is 119 Å². The second kappa shape index (κ2) is 6.95. The molecule has 1 atom stereocenters. The van der Waals surface area contributed by atoms with Crippen LogP contribution < -0.4 is 10.2 Å². The lowest BCUT2D eigenvalue weighted by atomic mass is 9.96. The Morgan fingerprint density at radius 1 is 1.16 bits per heavy atom. The molecule has 19 heavy (non-hydrogen) atoms. The number of benzene rings is 1. The number of rotatable bonds is 6. The van der Waals surface area contributed by atoms with Gasteiger partial charge in [0, 0.05) is 25.3 Å². The van der Waals surface area contributed by atoms with Gasteiger partial charge in [0.05, 0.1) is 0 Å². The molecule has 1 N–H and O–H groups in total. The fraction of sp³-hybridized carbons (Fsp3) is 0.647. The van der Waals surface area contributed by atoms with Crippen LogP contribution in [0.25, 0.3) is 0 Å². The molecule has 0 aliphatic rings. The number of anilines is 1. The molecule has 2 nitrogen and oxygen atoms in total. The normalized spacial score (nSPS) is 13.4. The summed E-state index contributed by atoms with van der Waals surface area (Å²) in [7, 11) is 2.17. The van der Waals surface area contributed by atoms with Crippen molar-refractivity contribution in [1.82, 2.24) is 5.32 Å². The summed E-state index contributed by atoms with van der Waals surface area (Å²) in [6, 6.07) is 9.36. The Hall–Kier alpha value is -1.02. The third-order valence-corrected chi connectivity index (χ3v) is 3.25. The molecule has 0 aromatic heterocycles. The van der Waals surface area contributed by atoms with Crippen LogP contribution in [-0.4, -0.2) is 20.1 Å². The van der Waals surface area contributed by atoms with E-state index >= 15 is 0 Å². The van der Waals surface area contributed by atoms with Gasteiger partial charge in [-0.2, -0.15) is 0 Å². The van der Waals surface area contributed by atoms with Gasteiger partial charge >= 0.3 is 0 Å². The molecule has 0 saturated heterocycles. The summed E-state index contributed by atoms with van der Waals surface area (Å²) in [4.78, 5) is 2.33. The lowest BCUT2D eigenvalue weighted by Gasteiger charge is -2.28. The Morgan fingerprint density at radius 2 is 1.74 bits per heavy atom. The van der Waals surface area contributed by atoms with Gasteiger partial charge in [0.2, 0.25) is 0 Å². The lowest BCUT2D eigenvalue weighted by molar-refractivity contribution is 0.419. The van der Waals surface area contributed by atoms with Crippen molar-refractivity contribution < 1.29 is 0 Å². The molecule has 0 fully saturated rings. The molecular weight excluding hydrogens is 232 g/mol. The molecule has 0 radical (unpaired) electrons. The van der Waals surface area contributed by atoms with Gasteiger partial charge in [0.25, 0.3) is 0 Å². The molecule has 0 saturated carbocycles. The topological polar surface area (TPSA) is 15.3 Å². The average molecular weight is 262 g/mol. The molecule has 0 amide bonds. The van der Waals surface area contributed by atoms with E-state index in [9.17, 15) is 0 Å². The minimum atomic E-state index is 0.323. The minimum Gasteiger partial charge on any atom is -0.374 e. The third-order valence-electron chi connectivity index (χ3n) is 3.25. The highest BCUT2D eigenvalue weighted by molar-refractivity contribution is 5.47. The highest BCUT2D eigenvalue weighted by atomic mass is 15.1. The van der Waals surface area contributed by atoms with Crippen molar-refractivity contribution in [2.24, 2.45) is 5.41 Å². The molecule has 1 aromatic carbocycles. The van der Waals surface area contributed by atoms with Crippen molar-refractivity contribution in [1.29, 1.82) is 0 Å². The Balaban J connectivity index is 2.65. The van der Waals surface area contributed by atoms with E-state index in [1.165, 1.54) is 17.7 Å². The van der Waals surface area contributed by atoms with E-state index in [2.05, 4.69) is 76.1 Å². The van der Waals surface area contributed by atoms with Crippen LogP contribution in [0.15, 0.2) is 24.3 Å². The fourth-order valence-corrected chi connectivity index (χ4v) is 2.30. The SMILES string of the molecule is CCCNC(C)c1ccc(N(C)CC(C)(C)C)cc1. The van der Waals surface area contributed by atoms with Gasteiger partial charge in [-0.15, -0.1) is 0 Å². The van der Waals surface area contributed by atoms with Crippen molar-refractivity contribution in [3.63, 3.8) is 0 Å². The smallest absolute Gasteiger partial charge is 0.0363 e. The number of hydrogen-bond donors (Lipinski definition) is 1. The second-order valence-electron chi connectivity index (χ2n) is 6.68. The molecule has 2 heteroatoms. The number of hydrogen-bond acceptors (Lipinski definition) is 2. The Bertz CT molecular complexity index is 362. The maximum absolute atomic E-state index is 3.52. The molecule has 0 spiro atoms. The first-order valence-corrected chi connectivity index (χ1v) is 7.38. The van der Waals surface area contributed by atoms with Crippen LogP contribution in [0.2, 0.25) is 0 Å². The zero-order chi connectivity index (χ0) is 14.5. The van der Waals surface area contributed by atoms with Gasteiger partial charge in [0.1, 0.15) is 0 Å². The van der Waals surface area contributed by atoms with E-state index in [0.717, 1.165) is 13.1 Å². The fourth-order valence-electron chi connectivity index (χ4n) is 2.30. The van der Waals surface area contributed by atoms with E-state index < -0.39 is 0 Å². The van der Waals surface area contributed by atoms with Crippen LogP contribution >= 0.6 is 0 Å². The van der Waals surface area contributed by atoms with Gasteiger partial charge in [-0.3, -0.25) is 0 Å². The van der Waals surface area contributed by atoms with Gasteiger partial charge in [-0.1, -0.05) is 39.8 Å². The van der Waals surface area contributed by atoms with Gasteiger partial charge < -0.3 is 10.2 Å². The van der Waals surface area contributed by atoms with E-state index in [-0.39, 0.29) is 0 Å².